The van der Waals surface area contributed by atoms with E-state index in [1.165, 1.54) is 19.2 Å². The van der Waals surface area contributed by atoms with Gasteiger partial charge in [-0.3, -0.25) is 0 Å². The van der Waals surface area contributed by atoms with E-state index in [-0.39, 0.29) is 24.3 Å². The summed E-state index contributed by atoms with van der Waals surface area (Å²) in [6, 6.07) is 4.83. The average molecular weight is 235 g/mol. The molecular weight excluding hydrogens is 222 g/mol. The SMILES string of the molecule is CCOC(=O)c1cc(OC)cc(CO)c1C#N. The third-order valence-electron chi connectivity index (χ3n) is 2.21. The Bertz CT molecular complexity index is 462. The molecule has 5 heteroatoms. The molecule has 0 bridgehead atoms. The molecule has 5 nitrogen and oxygen atoms in total. The molecule has 0 unspecified atom stereocenters. The lowest BCUT2D eigenvalue weighted by Gasteiger charge is -2.10. The molecule has 1 aromatic rings. The predicted octanol–water partition coefficient (Wildman–Crippen LogP) is 1.24. The number of carbonyl (C=O) groups excluding carboxylic acids is 1. The van der Waals surface area contributed by atoms with E-state index < -0.39 is 5.97 Å². The molecule has 0 saturated heterocycles. The first-order chi connectivity index (χ1) is 8.17. The Morgan fingerprint density at radius 1 is 1.53 bits per heavy atom. The molecular formula is C12H13NO4. The fraction of sp³-hybridized carbons (Fsp3) is 0.333. The molecule has 90 valence electrons. The Labute approximate surface area is 99.2 Å². The van der Waals surface area contributed by atoms with Gasteiger partial charge in [0.15, 0.2) is 0 Å². The number of nitriles is 1. The first-order valence-corrected chi connectivity index (χ1v) is 5.06. The van der Waals surface area contributed by atoms with Crippen LogP contribution in [0.4, 0.5) is 0 Å². The quantitative estimate of drug-likeness (QED) is 0.794. The number of benzene rings is 1. The molecule has 17 heavy (non-hydrogen) atoms. The Morgan fingerprint density at radius 3 is 2.71 bits per heavy atom. The Balaban J connectivity index is 3.35. The van der Waals surface area contributed by atoms with Crippen LogP contribution in [0, 0.1) is 11.3 Å². The smallest absolute Gasteiger partial charge is 0.339 e. The zero-order valence-corrected chi connectivity index (χ0v) is 9.69. The molecule has 0 amide bonds. The van der Waals surface area contributed by atoms with Gasteiger partial charge in [-0.25, -0.2) is 4.79 Å². The Morgan fingerprint density at radius 2 is 2.24 bits per heavy atom. The molecule has 0 radical (unpaired) electrons. The monoisotopic (exact) mass is 235 g/mol. The molecule has 0 fully saturated rings. The summed E-state index contributed by atoms with van der Waals surface area (Å²) in [5, 5.41) is 18.1. The number of rotatable bonds is 4. The van der Waals surface area contributed by atoms with Gasteiger partial charge in [0, 0.05) is 0 Å². The highest BCUT2D eigenvalue weighted by Gasteiger charge is 2.17. The second kappa shape index (κ2) is 5.87. The minimum Gasteiger partial charge on any atom is -0.497 e. The zero-order chi connectivity index (χ0) is 12.8. The third kappa shape index (κ3) is 2.74. The van der Waals surface area contributed by atoms with Crippen molar-refractivity contribution < 1.29 is 19.4 Å². The number of hydrogen-bond acceptors (Lipinski definition) is 5. The van der Waals surface area contributed by atoms with Crippen molar-refractivity contribution in [2.75, 3.05) is 13.7 Å². The number of aliphatic hydroxyl groups is 1. The standard InChI is InChI=1S/C12H13NO4/c1-3-17-12(15)10-5-9(16-2)4-8(7-14)11(10)6-13/h4-5,14H,3,7H2,1-2H3. The van der Waals surface area contributed by atoms with Crippen molar-refractivity contribution in [3.63, 3.8) is 0 Å². The van der Waals surface area contributed by atoms with Crippen LogP contribution >= 0.6 is 0 Å². The molecule has 0 aliphatic rings. The number of nitrogens with zero attached hydrogens (tertiary/aromatic N) is 1. The van der Waals surface area contributed by atoms with Crippen molar-refractivity contribution in [2.45, 2.75) is 13.5 Å². The van der Waals surface area contributed by atoms with Crippen LogP contribution in [0.1, 0.15) is 28.4 Å². The van der Waals surface area contributed by atoms with Crippen LogP contribution in [0.15, 0.2) is 12.1 Å². The van der Waals surface area contributed by atoms with E-state index in [9.17, 15) is 4.79 Å². The van der Waals surface area contributed by atoms with Crippen LogP contribution in [0.5, 0.6) is 5.75 Å². The van der Waals surface area contributed by atoms with Gasteiger partial charge in [-0.05, 0) is 24.6 Å². The molecule has 0 atom stereocenters. The number of methoxy groups -OCH3 is 1. The number of hydrogen-bond donors (Lipinski definition) is 1. The molecule has 0 aromatic heterocycles. The first kappa shape index (κ1) is 13.0. The van der Waals surface area contributed by atoms with Gasteiger partial charge >= 0.3 is 5.97 Å². The summed E-state index contributed by atoms with van der Waals surface area (Å²) in [6.45, 7) is 1.55. The summed E-state index contributed by atoms with van der Waals surface area (Å²) in [7, 11) is 1.44. The maximum Gasteiger partial charge on any atom is 0.339 e. The predicted molar refractivity (Wildman–Crippen MR) is 59.6 cm³/mol. The topological polar surface area (TPSA) is 79.6 Å². The largest absolute Gasteiger partial charge is 0.497 e. The second-order valence-electron chi connectivity index (χ2n) is 3.20. The lowest BCUT2D eigenvalue weighted by atomic mass is 10.0. The second-order valence-corrected chi connectivity index (χ2v) is 3.20. The van der Waals surface area contributed by atoms with E-state index in [4.69, 9.17) is 19.8 Å². The van der Waals surface area contributed by atoms with Gasteiger partial charge in [0.2, 0.25) is 0 Å². The normalized spacial score (nSPS) is 9.53. The summed E-state index contributed by atoms with van der Waals surface area (Å²) < 4.78 is 9.84. The summed E-state index contributed by atoms with van der Waals surface area (Å²) in [4.78, 5) is 11.7. The van der Waals surface area contributed by atoms with Crippen LogP contribution in [-0.2, 0) is 11.3 Å². The molecule has 0 aliphatic heterocycles. The molecule has 0 heterocycles. The Hall–Kier alpha value is -2.06. The molecule has 1 rings (SSSR count). The zero-order valence-electron chi connectivity index (χ0n) is 9.69. The highest BCUT2D eigenvalue weighted by Crippen LogP contribution is 2.23. The highest BCUT2D eigenvalue weighted by molar-refractivity contribution is 5.93. The average Bonchev–Trinajstić information content (AvgIpc) is 2.37. The molecule has 0 spiro atoms. The van der Waals surface area contributed by atoms with Crippen molar-refractivity contribution in [3.8, 4) is 11.8 Å². The molecule has 1 N–H and O–H groups in total. The molecule has 0 saturated carbocycles. The van der Waals surface area contributed by atoms with Gasteiger partial charge in [-0.2, -0.15) is 5.26 Å². The van der Waals surface area contributed by atoms with Crippen molar-refractivity contribution >= 4 is 5.97 Å². The van der Waals surface area contributed by atoms with Crippen LogP contribution in [0.2, 0.25) is 0 Å². The van der Waals surface area contributed by atoms with E-state index >= 15 is 0 Å². The fourth-order valence-corrected chi connectivity index (χ4v) is 1.42. The van der Waals surface area contributed by atoms with Crippen LogP contribution in [0.3, 0.4) is 0 Å². The van der Waals surface area contributed by atoms with Crippen LogP contribution in [-0.4, -0.2) is 24.8 Å². The number of ether oxygens (including phenoxy) is 2. The highest BCUT2D eigenvalue weighted by atomic mass is 16.5. The van der Waals surface area contributed by atoms with Gasteiger partial charge in [0.1, 0.15) is 11.8 Å². The van der Waals surface area contributed by atoms with Crippen LogP contribution < -0.4 is 4.74 Å². The van der Waals surface area contributed by atoms with Gasteiger partial charge in [0.05, 0.1) is 31.5 Å². The summed E-state index contributed by atoms with van der Waals surface area (Å²) in [6.07, 6.45) is 0. The van der Waals surface area contributed by atoms with Crippen molar-refractivity contribution in [1.29, 1.82) is 5.26 Å². The maximum atomic E-state index is 11.7. The van der Waals surface area contributed by atoms with Gasteiger partial charge in [-0.15, -0.1) is 0 Å². The van der Waals surface area contributed by atoms with E-state index in [1.807, 2.05) is 6.07 Å². The first-order valence-electron chi connectivity index (χ1n) is 5.06. The van der Waals surface area contributed by atoms with Crippen molar-refractivity contribution in [3.05, 3.63) is 28.8 Å². The van der Waals surface area contributed by atoms with Gasteiger partial charge in [0.25, 0.3) is 0 Å². The fourth-order valence-electron chi connectivity index (χ4n) is 1.42. The maximum absolute atomic E-state index is 11.7. The van der Waals surface area contributed by atoms with E-state index in [0.717, 1.165) is 0 Å². The number of carbonyl (C=O) groups is 1. The lowest BCUT2D eigenvalue weighted by molar-refractivity contribution is 0.0525. The minimum atomic E-state index is -0.599. The molecule has 0 aliphatic carbocycles. The number of esters is 1. The minimum absolute atomic E-state index is 0.109. The third-order valence-corrected chi connectivity index (χ3v) is 2.21. The summed E-state index contributed by atoms with van der Waals surface area (Å²) in [5.41, 5.74) is 0.569. The summed E-state index contributed by atoms with van der Waals surface area (Å²) >= 11 is 0. The molecule has 1 aromatic carbocycles. The van der Waals surface area contributed by atoms with Gasteiger partial charge < -0.3 is 14.6 Å². The number of aliphatic hydroxyl groups excluding tert-OH is 1. The van der Waals surface area contributed by atoms with E-state index in [0.29, 0.717) is 11.3 Å². The van der Waals surface area contributed by atoms with Crippen LogP contribution in [0.25, 0.3) is 0 Å². The summed E-state index contributed by atoms with van der Waals surface area (Å²) in [5.74, 6) is -0.200. The van der Waals surface area contributed by atoms with Crippen molar-refractivity contribution in [1.82, 2.24) is 0 Å². The van der Waals surface area contributed by atoms with Gasteiger partial charge in [-0.1, -0.05) is 0 Å². The Kier molecular flexibility index (Phi) is 4.49. The van der Waals surface area contributed by atoms with E-state index in [1.54, 1.807) is 6.92 Å². The lowest BCUT2D eigenvalue weighted by Crippen LogP contribution is -2.09. The van der Waals surface area contributed by atoms with E-state index in [2.05, 4.69) is 0 Å². The van der Waals surface area contributed by atoms with Crippen molar-refractivity contribution in [2.24, 2.45) is 0 Å².